The number of anilines is 1. The summed E-state index contributed by atoms with van der Waals surface area (Å²) in [4.78, 5) is 33.7. The summed E-state index contributed by atoms with van der Waals surface area (Å²) in [7, 11) is 0. The largest absolute Gasteiger partial charge is 0.474 e. The monoisotopic (exact) mass is 514 g/mol. The Morgan fingerprint density at radius 2 is 1.84 bits per heavy atom. The van der Waals surface area contributed by atoms with Crippen molar-refractivity contribution in [1.29, 1.82) is 0 Å². The van der Waals surface area contributed by atoms with Crippen LogP contribution in [0.1, 0.15) is 60.9 Å². The average molecular weight is 515 g/mol. The number of hydrogen-bond acceptors (Lipinski definition) is 11. The molecule has 13 heteroatoms. The highest BCUT2D eigenvalue weighted by atomic mass is 79.9. The van der Waals surface area contributed by atoms with Crippen LogP contribution in [0.2, 0.25) is 0 Å². The van der Waals surface area contributed by atoms with Gasteiger partial charge in [0.15, 0.2) is 0 Å². The zero-order valence-electron chi connectivity index (χ0n) is 18.1. The van der Waals surface area contributed by atoms with Crippen LogP contribution in [0.5, 0.6) is 0 Å². The molecule has 0 aliphatic carbocycles. The lowest BCUT2D eigenvalue weighted by Gasteiger charge is -2.41. The van der Waals surface area contributed by atoms with Gasteiger partial charge in [0.2, 0.25) is 4.73 Å². The number of esters is 1. The molecule has 12 nitrogen and oxygen atoms in total. The van der Waals surface area contributed by atoms with Gasteiger partial charge in [-0.05, 0) is 71.3 Å². The van der Waals surface area contributed by atoms with Gasteiger partial charge in [0.1, 0.15) is 0 Å². The molecule has 32 heavy (non-hydrogen) atoms. The number of nitrogens with zero attached hydrogens (tertiary/aromatic N) is 6. The number of carbonyl (C=O) groups is 2. The third-order valence-electron chi connectivity index (χ3n) is 5.40. The summed E-state index contributed by atoms with van der Waals surface area (Å²) in [6.45, 7) is 8.44. The molecular formula is C19H27BrN6O6. The third-order valence-corrected chi connectivity index (χ3v) is 5.72. The molecule has 2 aromatic heterocycles. The van der Waals surface area contributed by atoms with E-state index < -0.39 is 11.9 Å². The minimum Gasteiger partial charge on any atom is -0.474 e. The molecule has 1 atom stereocenters. The lowest BCUT2D eigenvalue weighted by molar-refractivity contribution is 0.0470. The van der Waals surface area contributed by atoms with Crippen LogP contribution in [0.15, 0.2) is 13.8 Å². The summed E-state index contributed by atoms with van der Waals surface area (Å²) >= 11 is 2.93. The number of carboxylic acid groups (broad SMARTS) is 1. The van der Waals surface area contributed by atoms with Crippen LogP contribution in [0.25, 0.3) is 0 Å². The smallest absolute Gasteiger partial charge is 0.397 e. The van der Waals surface area contributed by atoms with Gasteiger partial charge in [-0.1, -0.05) is 6.92 Å². The van der Waals surface area contributed by atoms with E-state index in [-0.39, 0.29) is 16.5 Å². The van der Waals surface area contributed by atoms with Gasteiger partial charge in [0.05, 0.1) is 6.61 Å². The second kappa shape index (κ2) is 11.4. The van der Waals surface area contributed by atoms with E-state index in [0.29, 0.717) is 18.6 Å². The topological polar surface area (TPSA) is 148 Å². The van der Waals surface area contributed by atoms with Crippen LogP contribution < -0.4 is 4.90 Å². The van der Waals surface area contributed by atoms with E-state index in [1.165, 1.54) is 25.9 Å². The Hall–Kier alpha value is -2.54. The van der Waals surface area contributed by atoms with E-state index >= 15 is 0 Å². The van der Waals surface area contributed by atoms with E-state index in [2.05, 4.69) is 57.3 Å². The first kappa shape index (κ1) is 24.1. The number of piperidine rings is 2. The molecule has 2 saturated heterocycles. The van der Waals surface area contributed by atoms with Gasteiger partial charge in [-0.2, -0.15) is 9.97 Å². The number of ether oxygens (including phenoxy) is 1. The summed E-state index contributed by atoms with van der Waals surface area (Å²) in [6, 6.07) is 0.634. The third kappa shape index (κ3) is 6.48. The van der Waals surface area contributed by atoms with Crippen LogP contribution in [-0.2, 0) is 4.74 Å². The van der Waals surface area contributed by atoms with Gasteiger partial charge in [-0.3, -0.25) is 4.90 Å². The lowest BCUT2D eigenvalue weighted by Crippen LogP contribution is -2.48. The highest BCUT2D eigenvalue weighted by molar-refractivity contribution is 9.10. The Morgan fingerprint density at radius 1 is 1.12 bits per heavy atom. The van der Waals surface area contributed by atoms with Gasteiger partial charge < -0.3 is 23.8 Å². The molecule has 2 aliphatic rings. The number of aromatic nitrogens is 4. The normalized spacial score (nSPS) is 19.8. The van der Waals surface area contributed by atoms with Gasteiger partial charge >= 0.3 is 23.7 Å². The first-order valence-corrected chi connectivity index (χ1v) is 11.4. The second-order valence-corrected chi connectivity index (χ2v) is 8.46. The zero-order chi connectivity index (χ0) is 23.1. The summed E-state index contributed by atoms with van der Waals surface area (Å²) in [5.41, 5.74) is 0. The Morgan fingerprint density at radius 3 is 2.41 bits per heavy atom. The molecule has 2 fully saturated rings. The predicted octanol–water partition coefficient (Wildman–Crippen LogP) is 2.48. The predicted molar refractivity (Wildman–Crippen MR) is 114 cm³/mol. The molecule has 4 heterocycles. The number of carboxylic acids is 1. The quantitative estimate of drug-likeness (QED) is 0.583. The molecule has 0 radical (unpaired) electrons. The van der Waals surface area contributed by atoms with Crippen molar-refractivity contribution in [3.63, 3.8) is 0 Å². The number of rotatable bonds is 5. The SMILES string of the molecule is CCOC(=O)c1nc(Br)no1.C[C@@H]1CCCN(C2CCN(c3noc(C(=O)O)n3)CC2)C1. The molecule has 0 unspecified atom stereocenters. The Labute approximate surface area is 193 Å². The van der Waals surface area contributed by atoms with Crippen molar-refractivity contribution < 1.29 is 28.5 Å². The van der Waals surface area contributed by atoms with E-state index in [9.17, 15) is 9.59 Å². The van der Waals surface area contributed by atoms with Crippen molar-refractivity contribution in [2.24, 2.45) is 5.92 Å². The van der Waals surface area contributed by atoms with Crippen LogP contribution >= 0.6 is 15.9 Å². The summed E-state index contributed by atoms with van der Waals surface area (Å²) in [5, 5.41) is 15.9. The number of carbonyl (C=O) groups excluding carboxylic acids is 1. The number of likely N-dealkylation sites (tertiary alicyclic amines) is 1. The minimum absolute atomic E-state index is 0.140. The van der Waals surface area contributed by atoms with Gasteiger partial charge in [-0.15, -0.1) is 0 Å². The van der Waals surface area contributed by atoms with E-state index in [0.717, 1.165) is 31.8 Å². The molecule has 2 aliphatic heterocycles. The summed E-state index contributed by atoms with van der Waals surface area (Å²) < 4.78 is 14.0. The molecule has 1 N–H and O–H groups in total. The number of hydrogen-bond donors (Lipinski definition) is 1. The van der Waals surface area contributed by atoms with E-state index in [1.807, 2.05) is 4.90 Å². The standard InChI is InChI=1S/C14H22N4O3.C5H5BrN2O3/c1-10-3-2-6-18(9-10)11-4-7-17(8-5-11)14-15-12(13(19)20)21-16-14;1-2-10-4(9)3-7-5(6)8-11-3/h10-11H,2-9H2,1H3,(H,19,20);2H2,1H3/t10-;/m1./s1. The average Bonchev–Trinajstić information content (AvgIpc) is 3.44. The Kier molecular flexibility index (Phi) is 8.56. The highest BCUT2D eigenvalue weighted by Crippen LogP contribution is 2.25. The van der Waals surface area contributed by atoms with Crippen LogP contribution in [0.4, 0.5) is 5.95 Å². The number of halogens is 1. The fourth-order valence-corrected chi connectivity index (χ4v) is 4.13. The first-order chi connectivity index (χ1) is 15.4. The molecule has 176 valence electrons. The molecule has 2 aromatic rings. The maximum Gasteiger partial charge on any atom is 0.397 e. The highest BCUT2D eigenvalue weighted by Gasteiger charge is 2.29. The zero-order valence-corrected chi connectivity index (χ0v) is 19.7. The maximum atomic E-state index is 10.8. The van der Waals surface area contributed by atoms with Crippen molar-refractivity contribution in [3.05, 3.63) is 16.5 Å². The van der Waals surface area contributed by atoms with Crippen molar-refractivity contribution >= 4 is 33.8 Å². The van der Waals surface area contributed by atoms with Crippen molar-refractivity contribution in [3.8, 4) is 0 Å². The minimum atomic E-state index is -1.18. The Balaban J connectivity index is 0.000000222. The van der Waals surface area contributed by atoms with Crippen molar-refractivity contribution in [1.82, 2.24) is 25.2 Å². The summed E-state index contributed by atoms with van der Waals surface area (Å²) in [6.07, 6.45) is 4.79. The van der Waals surface area contributed by atoms with Gasteiger partial charge in [0, 0.05) is 25.7 Å². The summed E-state index contributed by atoms with van der Waals surface area (Å²) in [5.74, 6) is -1.06. The van der Waals surface area contributed by atoms with Gasteiger partial charge in [0.25, 0.3) is 5.95 Å². The first-order valence-electron chi connectivity index (χ1n) is 10.6. The number of aromatic carboxylic acids is 1. The van der Waals surface area contributed by atoms with Crippen LogP contribution in [-0.4, -0.2) is 81.1 Å². The molecule has 0 saturated carbocycles. The molecule has 0 spiro atoms. The molecule has 0 bridgehead atoms. The van der Waals surface area contributed by atoms with E-state index in [1.54, 1.807) is 6.92 Å². The maximum absolute atomic E-state index is 10.8. The Bertz CT molecular complexity index is 897. The van der Waals surface area contributed by atoms with Gasteiger partial charge in [-0.25, -0.2) is 9.59 Å². The second-order valence-electron chi connectivity index (χ2n) is 7.75. The molecular weight excluding hydrogens is 488 g/mol. The fourth-order valence-electron chi connectivity index (χ4n) is 3.90. The molecule has 0 amide bonds. The molecule has 0 aromatic carbocycles. The van der Waals surface area contributed by atoms with Crippen LogP contribution in [0, 0.1) is 5.92 Å². The van der Waals surface area contributed by atoms with E-state index in [4.69, 9.17) is 9.63 Å². The van der Waals surface area contributed by atoms with Crippen LogP contribution in [0.3, 0.4) is 0 Å². The van der Waals surface area contributed by atoms with Crippen molar-refractivity contribution in [2.75, 3.05) is 37.7 Å². The van der Waals surface area contributed by atoms with Crippen molar-refractivity contribution in [2.45, 2.75) is 45.6 Å². The lowest BCUT2D eigenvalue weighted by atomic mass is 9.95. The fraction of sp³-hybridized carbons (Fsp3) is 0.684. The molecule has 4 rings (SSSR count).